The molecule has 0 aromatic heterocycles. The van der Waals surface area contributed by atoms with Crippen molar-refractivity contribution in [2.75, 3.05) is 5.32 Å². The largest absolute Gasteiger partial charge is 0.506 e. The van der Waals surface area contributed by atoms with Crippen LogP contribution in [0.3, 0.4) is 0 Å². The summed E-state index contributed by atoms with van der Waals surface area (Å²) in [6, 6.07) is 6.59. The van der Waals surface area contributed by atoms with Gasteiger partial charge in [0.2, 0.25) is 5.91 Å². The summed E-state index contributed by atoms with van der Waals surface area (Å²) in [7, 11) is 0. The molecule has 0 aliphatic carbocycles. The zero-order valence-electron chi connectivity index (χ0n) is 6.57. The number of phenolic OH excluding ortho intramolecular Hbond substituents is 1. The number of anilines is 1. The van der Waals surface area contributed by atoms with E-state index >= 15 is 0 Å². The van der Waals surface area contributed by atoms with Crippen molar-refractivity contribution in [3.63, 3.8) is 0 Å². The second-order valence-electron chi connectivity index (χ2n) is 2.20. The maximum atomic E-state index is 10.5. The first-order valence-corrected chi connectivity index (χ1v) is 3.26. The average molecular weight is 188 g/mol. The summed E-state index contributed by atoms with van der Waals surface area (Å²) >= 11 is 0. The number of carbonyl (C=O) groups excluding carboxylic acids is 1. The normalized spacial score (nSPS) is 8.42. The lowest BCUT2D eigenvalue weighted by atomic mass is 10.3. The zero-order valence-corrected chi connectivity index (χ0v) is 7.39. The third-order valence-corrected chi connectivity index (χ3v) is 1.21. The molecule has 0 aliphatic rings. The second-order valence-corrected chi connectivity index (χ2v) is 2.20. The van der Waals surface area contributed by atoms with Crippen molar-refractivity contribution in [1.29, 1.82) is 0 Å². The molecular formula is C8H10ClNO2. The van der Waals surface area contributed by atoms with Gasteiger partial charge in [-0.3, -0.25) is 4.79 Å². The molecule has 0 heterocycles. The Labute approximate surface area is 76.8 Å². The molecule has 2 N–H and O–H groups in total. The van der Waals surface area contributed by atoms with Gasteiger partial charge in [-0.05, 0) is 12.1 Å². The van der Waals surface area contributed by atoms with E-state index in [0.717, 1.165) is 0 Å². The zero-order chi connectivity index (χ0) is 8.27. The Bertz CT molecular complexity index is 276. The van der Waals surface area contributed by atoms with Crippen molar-refractivity contribution in [1.82, 2.24) is 0 Å². The maximum absolute atomic E-state index is 10.5. The summed E-state index contributed by atoms with van der Waals surface area (Å²) in [5.41, 5.74) is 0.444. The molecule has 0 saturated heterocycles. The van der Waals surface area contributed by atoms with Crippen LogP contribution in [-0.2, 0) is 4.79 Å². The molecule has 0 spiro atoms. The number of hydrogen-bond donors (Lipinski definition) is 2. The van der Waals surface area contributed by atoms with Crippen LogP contribution in [0.15, 0.2) is 24.3 Å². The van der Waals surface area contributed by atoms with Crippen molar-refractivity contribution in [2.24, 2.45) is 0 Å². The Balaban J connectivity index is 0.00000121. The van der Waals surface area contributed by atoms with Crippen LogP contribution in [0.2, 0.25) is 0 Å². The van der Waals surface area contributed by atoms with Crippen LogP contribution in [0.4, 0.5) is 5.69 Å². The molecule has 0 fully saturated rings. The number of carbonyl (C=O) groups is 1. The highest BCUT2D eigenvalue weighted by atomic mass is 35.5. The summed E-state index contributed by atoms with van der Waals surface area (Å²) in [6.45, 7) is 1.40. The fourth-order valence-electron chi connectivity index (χ4n) is 0.769. The number of rotatable bonds is 1. The molecule has 12 heavy (non-hydrogen) atoms. The Kier molecular flexibility index (Phi) is 4.15. The van der Waals surface area contributed by atoms with Crippen LogP contribution in [0.1, 0.15) is 6.92 Å². The highest BCUT2D eigenvalue weighted by Crippen LogP contribution is 2.20. The molecule has 1 amide bonds. The van der Waals surface area contributed by atoms with Gasteiger partial charge in [-0.1, -0.05) is 12.1 Å². The lowest BCUT2D eigenvalue weighted by Gasteiger charge is -2.02. The molecule has 1 aromatic rings. The van der Waals surface area contributed by atoms with Crippen molar-refractivity contribution in [2.45, 2.75) is 6.92 Å². The Hall–Kier alpha value is -1.22. The van der Waals surface area contributed by atoms with Gasteiger partial charge in [0, 0.05) is 6.92 Å². The predicted octanol–water partition coefficient (Wildman–Crippen LogP) is 1.77. The monoisotopic (exact) mass is 187 g/mol. The number of hydrogen-bond acceptors (Lipinski definition) is 2. The van der Waals surface area contributed by atoms with Crippen molar-refractivity contribution < 1.29 is 9.90 Å². The molecule has 0 unspecified atom stereocenters. The number of amides is 1. The van der Waals surface area contributed by atoms with E-state index in [-0.39, 0.29) is 24.1 Å². The fourth-order valence-corrected chi connectivity index (χ4v) is 0.769. The smallest absolute Gasteiger partial charge is 0.221 e. The Morgan fingerprint density at radius 3 is 2.50 bits per heavy atom. The quantitative estimate of drug-likeness (QED) is 0.659. The first-order valence-electron chi connectivity index (χ1n) is 3.26. The van der Waals surface area contributed by atoms with Gasteiger partial charge in [0.15, 0.2) is 0 Å². The van der Waals surface area contributed by atoms with E-state index in [0.29, 0.717) is 5.69 Å². The Morgan fingerprint density at radius 2 is 2.00 bits per heavy atom. The third kappa shape index (κ3) is 2.80. The highest BCUT2D eigenvalue weighted by molar-refractivity contribution is 5.90. The summed E-state index contributed by atoms with van der Waals surface area (Å²) in [6.07, 6.45) is 0. The Morgan fingerprint density at radius 1 is 1.42 bits per heavy atom. The van der Waals surface area contributed by atoms with Crippen molar-refractivity contribution in [3.05, 3.63) is 24.3 Å². The van der Waals surface area contributed by atoms with E-state index in [9.17, 15) is 4.79 Å². The summed E-state index contributed by atoms with van der Waals surface area (Å²) in [5.74, 6) is -0.103. The lowest BCUT2D eigenvalue weighted by molar-refractivity contribution is -0.114. The maximum Gasteiger partial charge on any atom is 0.221 e. The third-order valence-electron chi connectivity index (χ3n) is 1.21. The number of nitrogens with one attached hydrogen (secondary N) is 1. The highest BCUT2D eigenvalue weighted by Gasteiger charge is 1.98. The number of phenols is 1. The van der Waals surface area contributed by atoms with E-state index in [2.05, 4.69) is 5.32 Å². The molecule has 0 bridgehead atoms. The SMILES string of the molecule is CC(=O)Nc1ccccc1O.Cl. The molecule has 0 aliphatic heterocycles. The fraction of sp³-hybridized carbons (Fsp3) is 0.125. The van der Waals surface area contributed by atoms with Gasteiger partial charge in [-0.15, -0.1) is 12.4 Å². The van der Waals surface area contributed by atoms with E-state index in [1.807, 2.05) is 0 Å². The van der Waals surface area contributed by atoms with Gasteiger partial charge in [0.1, 0.15) is 5.75 Å². The van der Waals surface area contributed by atoms with Gasteiger partial charge in [0.25, 0.3) is 0 Å². The van der Waals surface area contributed by atoms with Crippen LogP contribution in [-0.4, -0.2) is 11.0 Å². The van der Waals surface area contributed by atoms with Crippen LogP contribution in [0, 0.1) is 0 Å². The average Bonchev–Trinajstić information content (AvgIpc) is 1.93. The second kappa shape index (κ2) is 4.62. The van der Waals surface area contributed by atoms with Crippen LogP contribution in [0.5, 0.6) is 5.75 Å². The molecule has 1 aromatic carbocycles. The number of aromatic hydroxyl groups is 1. The molecule has 4 heteroatoms. The molecule has 1 rings (SSSR count). The van der Waals surface area contributed by atoms with Gasteiger partial charge in [0.05, 0.1) is 5.69 Å². The summed E-state index contributed by atoms with van der Waals surface area (Å²) < 4.78 is 0. The van der Waals surface area contributed by atoms with E-state index in [1.54, 1.807) is 18.2 Å². The summed E-state index contributed by atoms with van der Waals surface area (Å²) in [5, 5.41) is 11.6. The van der Waals surface area contributed by atoms with Crippen LogP contribution in [0.25, 0.3) is 0 Å². The molecule has 0 saturated carbocycles. The lowest BCUT2D eigenvalue weighted by Crippen LogP contribution is -2.05. The van der Waals surface area contributed by atoms with Crippen molar-refractivity contribution in [3.8, 4) is 5.75 Å². The summed E-state index contributed by atoms with van der Waals surface area (Å²) in [4.78, 5) is 10.5. The standard InChI is InChI=1S/C8H9NO2.ClH/c1-6(10)9-7-4-2-3-5-8(7)11;/h2-5,11H,1H3,(H,9,10);1H. The minimum Gasteiger partial charge on any atom is -0.506 e. The number of para-hydroxylation sites is 2. The van der Waals surface area contributed by atoms with E-state index < -0.39 is 0 Å². The topological polar surface area (TPSA) is 49.3 Å². The first-order chi connectivity index (χ1) is 5.20. The van der Waals surface area contributed by atoms with Gasteiger partial charge in [-0.2, -0.15) is 0 Å². The molecular weight excluding hydrogens is 178 g/mol. The molecule has 0 radical (unpaired) electrons. The number of benzene rings is 1. The van der Waals surface area contributed by atoms with Crippen LogP contribution >= 0.6 is 12.4 Å². The molecule has 0 atom stereocenters. The van der Waals surface area contributed by atoms with Gasteiger partial charge < -0.3 is 10.4 Å². The van der Waals surface area contributed by atoms with Crippen molar-refractivity contribution >= 4 is 24.0 Å². The minimum atomic E-state index is -0.188. The van der Waals surface area contributed by atoms with Gasteiger partial charge in [-0.25, -0.2) is 0 Å². The first kappa shape index (κ1) is 10.8. The van der Waals surface area contributed by atoms with E-state index in [4.69, 9.17) is 5.11 Å². The number of halogens is 1. The predicted molar refractivity (Wildman–Crippen MR) is 49.7 cm³/mol. The van der Waals surface area contributed by atoms with Crippen LogP contribution < -0.4 is 5.32 Å². The molecule has 3 nitrogen and oxygen atoms in total. The molecule has 66 valence electrons. The minimum absolute atomic E-state index is 0. The van der Waals surface area contributed by atoms with Gasteiger partial charge >= 0.3 is 0 Å². The van der Waals surface area contributed by atoms with E-state index in [1.165, 1.54) is 13.0 Å².